The van der Waals surface area contributed by atoms with E-state index in [2.05, 4.69) is 0 Å². The Hall–Kier alpha value is -1.49. The Kier molecular flexibility index (Phi) is 2.61. The van der Waals surface area contributed by atoms with Crippen LogP contribution in [0.25, 0.3) is 5.57 Å². The summed E-state index contributed by atoms with van der Waals surface area (Å²) in [5.74, 6) is 1.51. The van der Waals surface area contributed by atoms with Gasteiger partial charge in [-0.05, 0) is 42.5 Å². The van der Waals surface area contributed by atoms with Crippen molar-refractivity contribution < 1.29 is 17.9 Å². The minimum absolute atomic E-state index is 0.202. The van der Waals surface area contributed by atoms with Crippen LogP contribution in [0.4, 0.5) is 0 Å². The molecule has 0 N–H and O–H groups in total. The van der Waals surface area contributed by atoms with E-state index in [-0.39, 0.29) is 17.3 Å². The molecule has 2 atom stereocenters. The van der Waals surface area contributed by atoms with Crippen LogP contribution in [0.1, 0.15) is 31.2 Å². The van der Waals surface area contributed by atoms with Gasteiger partial charge in [0.05, 0.1) is 10.5 Å². The molecule has 4 rings (SSSR count). The van der Waals surface area contributed by atoms with Crippen LogP contribution in [0.2, 0.25) is 0 Å². The Bertz CT molecular complexity index is 690. The zero-order valence-corrected chi connectivity index (χ0v) is 11.9. The maximum absolute atomic E-state index is 12.3. The van der Waals surface area contributed by atoms with Gasteiger partial charge in [-0.25, -0.2) is 8.42 Å². The summed E-state index contributed by atoms with van der Waals surface area (Å²) in [5.41, 5.74) is 2.19. The molecular formula is C15H16O4S. The van der Waals surface area contributed by atoms with Gasteiger partial charge < -0.3 is 9.47 Å². The van der Waals surface area contributed by atoms with Gasteiger partial charge in [0.1, 0.15) is 0 Å². The first-order valence-corrected chi connectivity index (χ1v) is 8.59. The van der Waals surface area contributed by atoms with E-state index in [0.29, 0.717) is 6.42 Å². The molecule has 1 aromatic carbocycles. The van der Waals surface area contributed by atoms with E-state index in [4.69, 9.17) is 9.47 Å². The Balaban J connectivity index is 1.75. The lowest BCUT2D eigenvalue weighted by atomic mass is 9.93. The molecule has 1 saturated heterocycles. The predicted molar refractivity (Wildman–Crippen MR) is 75.5 cm³/mol. The number of sulfone groups is 1. The van der Waals surface area contributed by atoms with Crippen molar-refractivity contribution in [2.24, 2.45) is 0 Å². The summed E-state index contributed by atoms with van der Waals surface area (Å²) in [7, 11) is -2.95. The minimum Gasteiger partial charge on any atom is -0.454 e. The van der Waals surface area contributed by atoms with Crippen molar-refractivity contribution in [2.75, 3.05) is 6.79 Å². The van der Waals surface area contributed by atoms with Crippen LogP contribution in [0, 0.1) is 0 Å². The van der Waals surface area contributed by atoms with Gasteiger partial charge in [0.15, 0.2) is 21.3 Å². The Labute approximate surface area is 118 Å². The highest BCUT2D eigenvalue weighted by Gasteiger charge is 2.40. The topological polar surface area (TPSA) is 52.6 Å². The van der Waals surface area contributed by atoms with Crippen molar-refractivity contribution in [3.63, 3.8) is 0 Å². The monoisotopic (exact) mass is 292 g/mol. The zero-order valence-electron chi connectivity index (χ0n) is 11.0. The van der Waals surface area contributed by atoms with E-state index in [0.717, 1.165) is 41.9 Å². The molecule has 0 radical (unpaired) electrons. The van der Waals surface area contributed by atoms with Crippen LogP contribution in [-0.2, 0) is 9.84 Å². The number of hydrogen-bond acceptors (Lipinski definition) is 4. The molecule has 0 spiro atoms. The van der Waals surface area contributed by atoms with Crippen molar-refractivity contribution in [1.82, 2.24) is 0 Å². The second-order valence-corrected chi connectivity index (χ2v) is 8.09. The number of rotatable bonds is 1. The highest BCUT2D eigenvalue weighted by Crippen LogP contribution is 2.41. The zero-order chi connectivity index (χ0) is 13.7. The van der Waals surface area contributed by atoms with E-state index < -0.39 is 9.84 Å². The molecule has 2 bridgehead atoms. The number of fused-ring (bicyclic) bond motifs is 3. The maximum atomic E-state index is 12.3. The number of ether oxygens (including phenoxy) is 2. The third-order valence-corrected chi connectivity index (χ3v) is 7.03. The molecule has 2 unspecified atom stereocenters. The van der Waals surface area contributed by atoms with Crippen molar-refractivity contribution in [2.45, 2.75) is 36.2 Å². The quantitative estimate of drug-likeness (QED) is 0.798. The standard InChI is InChI=1S/C15H16O4S/c16-20(17)12-2-1-3-13(20)7-11(6-12)10-4-5-14-15(8-10)19-9-18-14/h4-6,8,12-13H,1-3,7,9H2. The fraction of sp³-hybridized carbons (Fsp3) is 0.467. The molecule has 106 valence electrons. The molecule has 3 aliphatic rings. The fourth-order valence-electron chi connectivity index (χ4n) is 3.37. The summed E-state index contributed by atoms with van der Waals surface area (Å²) >= 11 is 0. The van der Waals surface area contributed by atoms with Gasteiger partial charge in [-0.3, -0.25) is 0 Å². The summed E-state index contributed by atoms with van der Waals surface area (Å²) in [5, 5.41) is -0.498. The summed E-state index contributed by atoms with van der Waals surface area (Å²) in [4.78, 5) is 0. The third-order valence-electron chi connectivity index (χ3n) is 4.48. The van der Waals surface area contributed by atoms with Crippen molar-refractivity contribution >= 4 is 15.4 Å². The van der Waals surface area contributed by atoms with Gasteiger partial charge in [-0.1, -0.05) is 18.6 Å². The molecule has 20 heavy (non-hydrogen) atoms. The van der Waals surface area contributed by atoms with Crippen LogP contribution >= 0.6 is 0 Å². The molecule has 3 heterocycles. The lowest BCUT2D eigenvalue weighted by molar-refractivity contribution is 0.174. The van der Waals surface area contributed by atoms with Gasteiger partial charge >= 0.3 is 0 Å². The van der Waals surface area contributed by atoms with Crippen molar-refractivity contribution in [3.05, 3.63) is 29.8 Å². The predicted octanol–water partition coefficient (Wildman–Crippen LogP) is 2.54. The third kappa shape index (κ3) is 1.76. The molecule has 0 amide bonds. The average molecular weight is 292 g/mol. The van der Waals surface area contributed by atoms with Gasteiger partial charge in [-0.15, -0.1) is 0 Å². The van der Waals surface area contributed by atoms with E-state index in [9.17, 15) is 8.42 Å². The van der Waals surface area contributed by atoms with Crippen LogP contribution < -0.4 is 9.47 Å². The molecule has 0 aliphatic carbocycles. The first-order valence-electron chi connectivity index (χ1n) is 6.98. The van der Waals surface area contributed by atoms with E-state index in [1.165, 1.54) is 0 Å². The molecule has 0 aromatic heterocycles. The van der Waals surface area contributed by atoms with Gasteiger partial charge in [0.2, 0.25) is 6.79 Å². The van der Waals surface area contributed by atoms with Crippen LogP contribution in [-0.4, -0.2) is 25.7 Å². The first kappa shape index (κ1) is 12.3. The lowest BCUT2D eigenvalue weighted by Crippen LogP contribution is -2.38. The van der Waals surface area contributed by atoms with Crippen molar-refractivity contribution in [1.29, 1.82) is 0 Å². The molecule has 3 aliphatic heterocycles. The molecule has 1 aromatic rings. The number of benzene rings is 1. The molecule has 0 saturated carbocycles. The maximum Gasteiger partial charge on any atom is 0.231 e. The summed E-state index contributed by atoms with van der Waals surface area (Å²) in [6.45, 7) is 0.261. The number of hydrogen-bond donors (Lipinski definition) is 0. The largest absolute Gasteiger partial charge is 0.454 e. The van der Waals surface area contributed by atoms with Crippen molar-refractivity contribution in [3.8, 4) is 11.5 Å². The summed E-state index contributed by atoms with van der Waals surface area (Å²) < 4.78 is 35.2. The van der Waals surface area contributed by atoms with Crippen LogP contribution in [0.3, 0.4) is 0 Å². The molecule has 4 nitrogen and oxygen atoms in total. The second kappa shape index (κ2) is 4.25. The average Bonchev–Trinajstić information content (AvgIpc) is 2.84. The van der Waals surface area contributed by atoms with Crippen LogP contribution in [0.15, 0.2) is 24.3 Å². The molecule has 1 fully saturated rings. The Morgan fingerprint density at radius 3 is 2.80 bits per heavy atom. The van der Waals surface area contributed by atoms with E-state index >= 15 is 0 Å². The first-order chi connectivity index (χ1) is 9.64. The molecule has 5 heteroatoms. The normalized spacial score (nSPS) is 29.9. The SMILES string of the molecule is O=S1(=O)C2C=C(c3ccc4c(c3)OCO4)CC1CCC2. The fourth-order valence-corrected chi connectivity index (χ4v) is 5.62. The summed E-state index contributed by atoms with van der Waals surface area (Å²) in [6.07, 6.45) is 5.13. The van der Waals surface area contributed by atoms with E-state index in [1.807, 2.05) is 24.3 Å². The van der Waals surface area contributed by atoms with Gasteiger partial charge in [0.25, 0.3) is 0 Å². The smallest absolute Gasteiger partial charge is 0.231 e. The molecular weight excluding hydrogens is 276 g/mol. The highest BCUT2D eigenvalue weighted by atomic mass is 32.2. The van der Waals surface area contributed by atoms with E-state index in [1.54, 1.807) is 0 Å². The highest BCUT2D eigenvalue weighted by molar-refractivity contribution is 7.93. The van der Waals surface area contributed by atoms with Gasteiger partial charge in [-0.2, -0.15) is 0 Å². The second-order valence-electron chi connectivity index (χ2n) is 5.64. The minimum atomic E-state index is -2.95. The Morgan fingerprint density at radius 2 is 1.95 bits per heavy atom. The van der Waals surface area contributed by atoms with Gasteiger partial charge in [0, 0.05) is 0 Å². The Morgan fingerprint density at radius 1 is 1.10 bits per heavy atom. The number of allylic oxidation sites excluding steroid dienone is 1. The summed E-state index contributed by atoms with van der Waals surface area (Å²) in [6, 6.07) is 5.85. The van der Waals surface area contributed by atoms with Crippen LogP contribution in [0.5, 0.6) is 11.5 Å². The lowest BCUT2D eigenvalue weighted by Gasteiger charge is -2.33.